The highest BCUT2D eigenvalue weighted by atomic mass is 35.5. The van der Waals surface area contributed by atoms with Crippen molar-refractivity contribution in [3.63, 3.8) is 0 Å². The Bertz CT molecular complexity index is 749. The summed E-state index contributed by atoms with van der Waals surface area (Å²) in [6.07, 6.45) is 10.4. The molecule has 2 amide bonds. The maximum Gasteiger partial charge on any atom is 0.225 e. The number of halogens is 1. The molecule has 1 aliphatic heterocycles. The van der Waals surface area contributed by atoms with E-state index in [4.69, 9.17) is 16.3 Å². The Labute approximate surface area is 189 Å². The lowest BCUT2D eigenvalue weighted by Gasteiger charge is -2.40. The lowest BCUT2D eigenvalue weighted by Crippen LogP contribution is -2.62. The Morgan fingerprint density at radius 3 is 2.58 bits per heavy atom. The second-order valence-electron chi connectivity index (χ2n) is 9.23. The number of carbonyl (C=O) groups is 2. The van der Waals surface area contributed by atoms with Gasteiger partial charge >= 0.3 is 0 Å². The molecule has 1 aromatic carbocycles. The summed E-state index contributed by atoms with van der Waals surface area (Å²) in [7, 11) is 0. The van der Waals surface area contributed by atoms with E-state index in [1.807, 2.05) is 24.3 Å². The molecule has 31 heavy (non-hydrogen) atoms. The molecule has 0 radical (unpaired) electrons. The van der Waals surface area contributed by atoms with Crippen molar-refractivity contribution in [1.29, 1.82) is 0 Å². The van der Waals surface area contributed by atoms with E-state index in [0.717, 1.165) is 63.5 Å². The third-order valence-electron chi connectivity index (χ3n) is 6.89. The molecule has 3 atom stereocenters. The molecular formula is C24H34ClN3O3. The fraction of sp³-hybridized carbons (Fsp3) is 0.667. The van der Waals surface area contributed by atoms with Crippen LogP contribution >= 0.6 is 11.6 Å². The Hall–Kier alpha value is -1.79. The van der Waals surface area contributed by atoms with Crippen LogP contribution in [0.25, 0.3) is 0 Å². The molecule has 3 aliphatic rings. The van der Waals surface area contributed by atoms with Gasteiger partial charge in [0.05, 0.1) is 18.2 Å². The zero-order valence-electron chi connectivity index (χ0n) is 18.1. The Morgan fingerprint density at radius 2 is 1.81 bits per heavy atom. The van der Waals surface area contributed by atoms with Gasteiger partial charge in [0.25, 0.3) is 0 Å². The van der Waals surface area contributed by atoms with Crippen molar-refractivity contribution in [2.75, 3.05) is 0 Å². The van der Waals surface area contributed by atoms with Gasteiger partial charge in [0, 0.05) is 23.5 Å². The topological polar surface area (TPSA) is 79.5 Å². The van der Waals surface area contributed by atoms with Crippen LogP contribution in [-0.2, 0) is 9.59 Å². The summed E-state index contributed by atoms with van der Waals surface area (Å²) in [5.74, 6) is 1.28. The second kappa shape index (κ2) is 10.7. The predicted octanol–water partition coefficient (Wildman–Crippen LogP) is 3.92. The molecule has 1 aromatic rings. The van der Waals surface area contributed by atoms with E-state index < -0.39 is 0 Å². The summed E-state index contributed by atoms with van der Waals surface area (Å²) in [4.78, 5) is 24.7. The van der Waals surface area contributed by atoms with Gasteiger partial charge in [-0.3, -0.25) is 14.9 Å². The van der Waals surface area contributed by atoms with Crippen LogP contribution in [0, 0.1) is 5.92 Å². The molecule has 0 aromatic heterocycles. The predicted molar refractivity (Wildman–Crippen MR) is 121 cm³/mol. The van der Waals surface area contributed by atoms with Gasteiger partial charge in [-0.25, -0.2) is 0 Å². The van der Waals surface area contributed by atoms with Crippen LogP contribution in [0.3, 0.4) is 0 Å². The van der Waals surface area contributed by atoms with Crippen molar-refractivity contribution in [2.45, 2.75) is 95.0 Å². The van der Waals surface area contributed by atoms with Crippen LogP contribution in [0.2, 0.25) is 5.02 Å². The van der Waals surface area contributed by atoms with Crippen LogP contribution in [0.15, 0.2) is 24.3 Å². The van der Waals surface area contributed by atoms with Crippen molar-refractivity contribution in [3.05, 3.63) is 29.3 Å². The molecule has 0 spiro atoms. The summed E-state index contributed by atoms with van der Waals surface area (Å²) >= 11 is 5.92. The molecule has 1 heterocycles. The van der Waals surface area contributed by atoms with E-state index >= 15 is 0 Å². The smallest absolute Gasteiger partial charge is 0.225 e. The highest BCUT2D eigenvalue weighted by Crippen LogP contribution is 2.28. The molecule has 7 heteroatoms. The minimum atomic E-state index is 0.0000975. The minimum absolute atomic E-state index is 0.0000975. The summed E-state index contributed by atoms with van der Waals surface area (Å²) in [5.41, 5.74) is 0. The highest BCUT2D eigenvalue weighted by Gasteiger charge is 2.37. The number of hydrogen-bond acceptors (Lipinski definition) is 4. The molecule has 170 valence electrons. The number of fused-ring (bicyclic) bond motifs is 1. The van der Waals surface area contributed by atoms with Crippen LogP contribution in [0.5, 0.6) is 5.75 Å². The van der Waals surface area contributed by atoms with Gasteiger partial charge in [-0.1, -0.05) is 24.4 Å². The number of nitrogens with one attached hydrogen (secondary N) is 3. The van der Waals surface area contributed by atoms with Crippen molar-refractivity contribution in [1.82, 2.24) is 16.0 Å². The third-order valence-corrected chi connectivity index (χ3v) is 7.14. The number of hydrogen-bond donors (Lipinski definition) is 3. The molecule has 6 nitrogen and oxygen atoms in total. The van der Waals surface area contributed by atoms with Crippen molar-refractivity contribution < 1.29 is 14.3 Å². The first-order valence-corrected chi connectivity index (χ1v) is 12.2. The van der Waals surface area contributed by atoms with Gasteiger partial charge in [-0.05, 0) is 75.6 Å². The van der Waals surface area contributed by atoms with Crippen molar-refractivity contribution >= 4 is 23.4 Å². The van der Waals surface area contributed by atoms with Crippen LogP contribution in [0.4, 0.5) is 0 Å². The van der Waals surface area contributed by atoms with E-state index in [-0.39, 0.29) is 36.0 Å². The first-order valence-electron chi connectivity index (χ1n) is 11.8. The lowest BCUT2D eigenvalue weighted by atomic mass is 9.82. The van der Waals surface area contributed by atoms with Gasteiger partial charge in [0.2, 0.25) is 11.8 Å². The number of benzene rings is 1. The largest absolute Gasteiger partial charge is 0.490 e. The summed E-state index contributed by atoms with van der Waals surface area (Å²) < 4.78 is 6.03. The fourth-order valence-corrected chi connectivity index (χ4v) is 5.30. The van der Waals surface area contributed by atoms with Gasteiger partial charge in [-0.15, -0.1) is 0 Å². The zero-order chi connectivity index (χ0) is 21.6. The molecule has 1 saturated heterocycles. The summed E-state index contributed by atoms with van der Waals surface area (Å²) in [6, 6.07) is 8.01. The fourth-order valence-electron chi connectivity index (χ4n) is 5.18. The minimum Gasteiger partial charge on any atom is -0.490 e. The van der Waals surface area contributed by atoms with Crippen molar-refractivity contribution in [3.8, 4) is 5.75 Å². The monoisotopic (exact) mass is 447 g/mol. The molecule has 4 rings (SSSR count). The molecule has 0 bridgehead atoms. The lowest BCUT2D eigenvalue weighted by molar-refractivity contribution is -0.130. The number of rotatable bonds is 7. The third kappa shape index (κ3) is 6.36. The zero-order valence-corrected chi connectivity index (χ0v) is 18.8. The van der Waals surface area contributed by atoms with E-state index in [0.29, 0.717) is 17.5 Å². The number of ether oxygens (including phenoxy) is 1. The SMILES string of the molecule is O=C(CCCC1NC(=O)C2CCCCC2N1)NC1CCC(Oc2ccc(Cl)cc2)CC1. The van der Waals surface area contributed by atoms with E-state index in [2.05, 4.69) is 16.0 Å². The standard InChI is InChI=1S/C24H34ClN3O3/c25-16-8-12-18(13-9-16)31-19-14-10-17(11-15-19)26-23(29)7-3-6-22-27-21-5-2-1-4-20(21)24(30)28-22/h8-9,12-13,17,19-22,27H,1-7,10-11,14-15H2,(H,26,29)(H,28,30). The first kappa shape index (κ1) is 22.4. The van der Waals surface area contributed by atoms with Gasteiger partial charge < -0.3 is 15.4 Å². The summed E-state index contributed by atoms with van der Waals surface area (Å²) in [6.45, 7) is 0. The number of amides is 2. The van der Waals surface area contributed by atoms with Crippen LogP contribution in [-0.4, -0.2) is 36.2 Å². The van der Waals surface area contributed by atoms with E-state index in [1.165, 1.54) is 6.42 Å². The molecule has 3 N–H and O–H groups in total. The maximum absolute atomic E-state index is 12.4. The van der Waals surface area contributed by atoms with Gasteiger partial charge in [0.15, 0.2) is 0 Å². The highest BCUT2D eigenvalue weighted by molar-refractivity contribution is 6.30. The maximum atomic E-state index is 12.4. The average Bonchev–Trinajstić information content (AvgIpc) is 2.77. The Kier molecular flexibility index (Phi) is 7.72. The quantitative estimate of drug-likeness (QED) is 0.591. The summed E-state index contributed by atoms with van der Waals surface area (Å²) in [5, 5.41) is 10.6. The molecule has 2 saturated carbocycles. The van der Waals surface area contributed by atoms with Crippen molar-refractivity contribution in [2.24, 2.45) is 5.92 Å². The first-order chi connectivity index (χ1) is 15.1. The van der Waals surface area contributed by atoms with Gasteiger partial charge in [0.1, 0.15) is 5.75 Å². The second-order valence-corrected chi connectivity index (χ2v) is 9.67. The molecule has 2 aliphatic carbocycles. The molecule has 3 unspecified atom stereocenters. The van der Waals surface area contributed by atoms with Crippen LogP contribution < -0.4 is 20.7 Å². The van der Waals surface area contributed by atoms with Crippen LogP contribution in [0.1, 0.15) is 70.6 Å². The normalized spacial score (nSPS) is 30.7. The molecule has 3 fully saturated rings. The Morgan fingerprint density at radius 1 is 1.06 bits per heavy atom. The van der Waals surface area contributed by atoms with E-state index in [1.54, 1.807) is 0 Å². The Balaban J connectivity index is 1.11. The van der Waals surface area contributed by atoms with E-state index in [9.17, 15) is 9.59 Å². The van der Waals surface area contributed by atoms with Gasteiger partial charge in [-0.2, -0.15) is 0 Å². The average molecular weight is 448 g/mol. The number of carbonyl (C=O) groups excluding carboxylic acids is 2. The molecular weight excluding hydrogens is 414 g/mol.